The van der Waals surface area contributed by atoms with Gasteiger partial charge in [0.05, 0.1) is 32.9 Å². The summed E-state index contributed by atoms with van der Waals surface area (Å²) in [5, 5.41) is 5.64. The molecule has 63 heavy (non-hydrogen) atoms. The lowest BCUT2D eigenvalue weighted by atomic mass is 9.98. The molecule has 0 saturated carbocycles. The van der Waals surface area contributed by atoms with Crippen LogP contribution < -0.4 is 0 Å². The highest BCUT2D eigenvalue weighted by Gasteiger charge is 2.22. The summed E-state index contributed by atoms with van der Waals surface area (Å²) >= 11 is 3.58. The van der Waals surface area contributed by atoms with Crippen molar-refractivity contribution >= 4 is 85.1 Å². The molecule has 294 valence electrons. The number of rotatable bonds is 6. The highest BCUT2D eigenvalue weighted by molar-refractivity contribution is 7.26. The van der Waals surface area contributed by atoms with Gasteiger partial charge in [-0.15, -0.1) is 22.7 Å². The van der Waals surface area contributed by atoms with Crippen molar-refractivity contribution in [2.75, 3.05) is 0 Å². The number of hydrogen-bond donors (Lipinski definition) is 0. The summed E-state index contributed by atoms with van der Waals surface area (Å²) in [5.41, 5.74) is 12.2. The molecule has 0 N–H and O–H groups in total. The van der Waals surface area contributed by atoms with Crippen molar-refractivity contribution in [3.63, 3.8) is 0 Å². The van der Waals surface area contributed by atoms with Crippen molar-refractivity contribution in [1.82, 2.24) is 19.9 Å². The van der Waals surface area contributed by atoms with Crippen LogP contribution >= 0.6 is 22.7 Å². The predicted molar refractivity (Wildman–Crippen MR) is 263 cm³/mol. The minimum Gasteiger partial charge on any atom is -0.455 e. The van der Waals surface area contributed by atoms with Crippen LogP contribution in [0, 0.1) is 0 Å². The second kappa shape index (κ2) is 14.4. The standard InChI is InChI=1S/C56H32N4OS2/c1-3-15-33(16-4-1)50-54-51(41-22-8-10-30-48(41)63-54)60-56(59-50)43-27-13-26-42-49-40(25-14-28-46(49)61-52(42)43)45-32-44(57-55(58-45)34-17-5-2-6-18-34)36-20-11-19-35(31-36)37-23-12-24-39-38-21-7-9-29-47(38)62-53(37)39/h1-32H. The zero-order valence-corrected chi connectivity index (χ0v) is 35.1. The monoisotopic (exact) mass is 840 g/mol. The van der Waals surface area contributed by atoms with Gasteiger partial charge in [0.2, 0.25) is 0 Å². The predicted octanol–water partition coefficient (Wildman–Crippen LogP) is 15.9. The molecule has 13 aromatic rings. The van der Waals surface area contributed by atoms with Gasteiger partial charge in [-0.25, -0.2) is 19.9 Å². The molecule has 0 bridgehead atoms. The number of hydrogen-bond acceptors (Lipinski definition) is 7. The summed E-state index contributed by atoms with van der Waals surface area (Å²) in [4.78, 5) is 21.1. The average molecular weight is 841 g/mol. The SMILES string of the molecule is c1ccc(-c2nc(-c3cccc(-c4cccc5c4sc4ccccc45)c3)cc(-c3cccc4oc5c(-c6nc(-c7ccccc7)c7sc8ccccc8c7n6)cccc5c34)n2)cc1. The van der Waals surface area contributed by atoms with Gasteiger partial charge in [0.15, 0.2) is 11.6 Å². The number of furan rings is 1. The Morgan fingerprint density at radius 3 is 1.81 bits per heavy atom. The van der Waals surface area contributed by atoms with Crippen molar-refractivity contribution in [2.24, 2.45) is 0 Å². The van der Waals surface area contributed by atoms with Gasteiger partial charge < -0.3 is 4.42 Å². The van der Waals surface area contributed by atoms with Crippen molar-refractivity contribution in [3.05, 3.63) is 194 Å². The Bertz CT molecular complexity index is 3930. The van der Waals surface area contributed by atoms with Gasteiger partial charge in [-0.1, -0.05) is 158 Å². The van der Waals surface area contributed by atoms with Gasteiger partial charge >= 0.3 is 0 Å². The normalized spacial score (nSPS) is 11.8. The van der Waals surface area contributed by atoms with Gasteiger partial charge in [0, 0.05) is 63.3 Å². The van der Waals surface area contributed by atoms with Crippen LogP contribution in [-0.4, -0.2) is 19.9 Å². The Labute approximate surface area is 369 Å². The molecule has 0 atom stereocenters. The summed E-state index contributed by atoms with van der Waals surface area (Å²) in [5.74, 6) is 1.28. The molecule has 0 fully saturated rings. The van der Waals surface area contributed by atoms with Crippen LogP contribution in [0.5, 0.6) is 0 Å². The quantitative estimate of drug-likeness (QED) is 0.167. The lowest BCUT2D eigenvalue weighted by Gasteiger charge is -2.11. The topological polar surface area (TPSA) is 64.7 Å². The van der Waals surface area contributed by atoms with E-state index in [0.29, 0.717) is 11.6 Å². The first-order valence-corrected chi connectivity index (χ1v) is 22.5. The molecule has 7 heteroatoms. The molecule has 5 heterocycles. The molecule has 5 aromatic heterocycles. The molecule has 0 radical (unpaired) electrons. The highest BCUT2D eigenvalue weighted by atomic mass is 32.1. The number of para-hydroxylation sites is 1. The molecular weight excluding hydrogens is 809 g/mol. The highest BCUT2D eigenvalue weighted by Crippen LogP contribution is 2.44. The van der Waals surface area contributed by atoms with E-state index in [2.05, 4.69) is 158 Å². The number of benzene rings is 8. The van der Waals surface area contributed by atoms with E-state index in [-0.39, 0.29) is 0 Å². The van der Waals surface area contributed by atoms with Crippen molar-refractivity contribution in [2.45, 2.75) is 0 Å². The summed E-state index contributed by atoms with van der Waals surface area (Å²) in [6, 6.07) is 67.7. The number of aromatic nitrogens is 4. The average Bonchev–Trinajstić information content (AvgIpc) is 4.06. The zero-order chi connectivity index (χ0) is 41.4. The van der Waals surface area contributed by atoms with Crippen molar-refractivity contribution in [1.29, 1.82) is 0 Å². The van der Waals surface area contributed by atoms with E-state index in [1.807, 2.05) is 47.7 Å². The second-order valence-electron chi connectivity index (χ2n) is 15.7. The van der Waals surface area contributed by atoms with E-state index in [4.69, 9.17) is 24.4 Å². The van der Waals surface area contributed by atoms with Gasteiger partial charge in [0.25, 0.3) is 0 Å². The molecular formula is C56H32N4OS2. The van der Waals surface area contributed by atoms with Gasteiger partial charge in [0.1, 0.15) is 11.2 Å². The largest absolute Gasteiger partial charge is 0.455 e. The molecule has 0 unspecified atom stereocenters. The molecule has 13 rings (SSSR count). The van der Waals surface area contributed by atoms with Crippen LogP contribution in [0.3, 0.4) is 0 Å². The summed E-state index contributed by atoms with van der Waals surface area (Å²) in [6.07, 6.45) is 0. The maximum Gasteiger partial charge on any atom is 0.164 e. The van der Waals surface area contributed by atoms with Crippen molar-refractivity contribution < 1.29 is 4.42 Å². The maximum absolute atomic E-state index is 6.86. The number of thiophene rings is 2. The van der Waals surface area contributed by atoms with Crippen LogP contribution in [0.2, 0.25) is 0 Å². The number of nitrogens with zero attached hydrogens (tertiary/aromatic N) is 4. The van der Waals surface area contributed by atoms with E-state index >= 15 is 0 Å². The van der Waals surface area contributed by atoms with Gasteiger partial charge in [-0.05, 0) is 47.5 Å². The lowest BCUT2D eigenvalue weighted by Crippen LogP contribution is -1.96. The first-order chi connectivity index (χ1) is 31.2. The van der Waals surface area contributed by atoms with Crippen LogP contribution in [0.25, 0.3) is 130 Å². The smallest absolute Gasteiger partial charge is 0.164 e. The molecule has 0 spiro atoms. The Kier molecular flexibility index (Phi) is 8.19. The number of fused-ring (bicyclic) bond motifs is 9. The molecule has 0 aliphatic heterocycles. The fourth-order valence-corrected chi connectivity index (χ4v) is 11.4. The van der Waals surface area contributed by atoms with Gasteiger partial charge in [-0.3, -0.25) is 0 Å². The summed E-state index contributed by atoms with van der Waals surface area (Å²) in [7, 11) is 0. The van der Waals surface area contributed by atoms with Crippen LogP contribution in [0.4, 0.5) is 0 Å². The molecule has 0 aliphatic carbocycles. The Balaban J connectivity index is 0.995. The second-order valence-corrected chi connectivity index (χ2v) is 17.8. The minimum absolute atomic E-state index is 0.623. The fraction of sp³-hybridized carbons (Fsp3) is 0. The fourth-order valence-electron chi connectivity index (χ4n) is 9.01. The lowest BCUT2D eigenvalue weighted by molar-refractivity contribution is 0.669. The minimum atomic E-state index is 0.623. The van der Waals surface area contributed by atoms with E-state index in [0.717, 1.165) is 88.0 Å². The third kappa shape index (κ3) is 5.89. The first-order valence-electron chi connectivity index (χ1n) is 20.9. The third-order valence-corrected chi connectivity index (χ3v) is 14.3. The molecule has 5 nitrogen and oxygen atoms in total. The van der Waals surface area contributed by atoms with Crippen LogP contribution in [0.1, 0.15) is 0 Å². The maximum atomic E-state index is 6.86. The molecule has 0 amide bonds. The van der Waals surface area contributed by atoms with Crippen LogP contribution in [0.15, 0.2) is 199 Å². The van der Waals surface area contributed by atoms with E-state index in [1.165, 1.54) is 30.4 Å². The van der Waals surface area contributed by atoms with Gasteiger partial charge in [-0.2, -0.15) is 0 Å². The van der Waals surface area contributed by atoms with E-state index in [1.54, 1.807) is 11.3 Å². The summed E-state index contributed by atoms with van der Waals surface area (Å²) < 4.78 is 11.7. The van der Waals surface area contributed by atoms with E-state index < -0.39 is 0 Å². The zero-order valence-electron chi connectivity index (χ0n) is 33.5. The Morgan fingerprint density at radius 1 is 0.365 bits per heavy atom. The molecule has 0 aliphatic rings. The Morgan fingerprint density at radius 2 is 0.968 bits per heavy atom. The molecule has 8 aromatic carbocycles. The summed E-state index contributed by atoms with van der Waals surface area (Å²) in [6.45, 7) is 0. The van der Waals surface area contributed by atoms with Crippen molar-refractivity contribution in [3.8, 4) is 67.7 Å². The Hall–Kier alpha value is -7.84. The first kappa shape index (κ1) is 35.9. The van der Waals surface area contributed by atoms with Crippen LogP contribution in [-0.2, 0) is 0 Å². The third-order valence-electron chi connectivity index (χ3n) is 11.9. The molecule has 0 saturated heterocycles. The van der Waals surface area contributed by atoms with E-state index in [9.17, 15) is 0 Å².